The maximum atomic E-state index is 13.9. The van der Waals surface area contributed by atoms with E-state index in [4.69, 9.17) is 10.00 Å². The molecular weight excluding hydrogens is 760 g/mol. The zero-order chi connectivity index (χ0) is 42.2. The Kier molecular flexibility index (Phi) is 15.5. The number of nitrogens with zero attached hydrogens (tertiary/aromatic N) is 1. The van der Waals surface area contributed by atoms with Crippen molar-refractivity contribution >= 4 is 11.9 Å². The molecule has 2 unspecified atom stereocenters. The number of hydrogen-bond donors (Lipinski definition) is 0. The number of esters is 2. The van der Waals surface area contributed by atoms with Crippen LogP contribution in [0.25, 0.3) is 22.3 Å². The van der Waals surface area contributed by atoms with Crippen LogP contribution in [-0.4, -0.2) is 18.3 Å². The van der Waals surface area contributed by atoms with E-state index in [0.717, 1.165) is 53.5 Å². The van der Waals surface area contributed by atoms with Gasteiger partial charge >= 0.3 is 18.3 Å². The number of alkyl halides is 3. The Morgan fingerprint density at radius 1 is 0.500 bits per heavy atom. The molecule has 306 valence electrons. The van der Waals surface area contributed by atoms with Crippen molar-refractivity contribution in [3.05, 3.63) is 186 Å². The molecule has 8 heteroatoms. The van der Waals surface area contributed by atoms with E-state index in [1.54, 1.807) is 18.2 Å². The van der Waals surface area contributed by atoms with Gasteiger partial charge in [0, 0.05) is 0 Å². The molecule has 6 rings (SSSR count). The predicted molar refractivity (Wildman–Crippen MR) is 229 cm³/mol. The second kappa shape index (κ2) is 21.5. The summed E-state index contributed by atoms with van der Waals surface area (Å²) in [5.74, 6) is -2.26. The Hall–Kier alpha value is -6.46. The standard InChI is InChI=1S/C52H48F3NO4/c53-52(54,55)60-49-19-9-18-48(36-49)45-30-22-41(23-31-45)25-35-47(17-8-15-39-12-5-2-6-13-39)51(58)59-50(57)46(16-7-14-38-10-3-1-4-11-38)34-24-40-20-28-43(29-21-40)44-32-26-42(37-56)27-33-44/h1-6,9-13,18-23,26-33,36,46-47H,7-8,14-17,24-25,34-35H2. The quantitative estimate of drug-likeness (QED) is 0.0602. The maximum Gasteiger partial charge on any atom is 0.573 e. The van der Waals surface area contributed by atoms with Crippen LogP contribution < -0.4 is 4.74 Å². The Morgan fingerprint density at radius 2 is 0.933 bits per heavy atom. The summed E-state index contributed by atoms with van der Waals surface area (Å²) in [4.78, 5) is 27.8. The van der Waals surface area contributed by atoms with E-state index in [0.29, 0.717) is 49.7 Å². The van der Waals surface area contributed by atoms with Crippen molar-refractivity contribution in [2.24, 2.45) is 11.8 Å². The first-order valence-corrected chi connectivity index (χ1v) is 20.5. The highest BCUT2D eigenvalue weighted by molar-refractivity contribution is 5.88. The maximum absolute atomic E-state index is 13.9. The SMILES string of the molecule is N#Cc1ccc(-c2ccc(CCC(CCCc3ccccc3)C(=O)OC(=O)C(CCCc3ccccc3)CCc3ccc(-c4cccc(OC(F)(F)F)c4)cc3)cc2)cc1. The van der Waals surface area contributed by atoms with Crippen LogP contribution in [0.15, 0.2) is 158 Å². The smallest absolute Gasteiger partial charge is 0.406 e. The molecule has 0 aromatic heterocycles. The molecule has 0 aliphatic carbocycles. The van der Waals surface area contributed by atoms with Gasteiger partial charge in [-0.2, -0.15) is 5.26 Å². The summed E-state index contributed by atoms with van der Waals surface area (Å²) in [6.07, 6.45) is 1.67. The molecule has 0 heterocycles. The van der Waals surface area contributed by atoms with Gasteiger partial charge in [-0.25, -0.2) is 0 Å². The highest BCUT2D eigenvalue weighted by Crippen LogP contribution is 2.30. The minimum Gasteiger partial charge on any atom is -0.406 e. The molecule has 0 bridgehead atoms. The average Bonchev–Trinajstić information content (AvgIpc) is 3.26. The summed E-state index contributed by atoms with van der Waals surface area (Å²) in [6, 6.07) is 51.4. The average molecular weight is 808 g/mol. The molecule has 6 aromatic carbocycles. The monoisotopic (exact) mass is 807 g/mol. The molecule has 6 aromatic rings. The summed E-state index contributed by atoms with van der Waals surface area (Å²) in [6.45, 7) is 0. The van der Waals surface area contributed by atoms with E-state index in [2.05, 4.69) is 47.2 Å². The number of rotatable bonds is 19. The van der Waals surface area contributed by atoms with Crippen molar-refractivity contribution in [3.8, 4) is 34.1 Å². The van der Waals surface area contributed by atoms with E-state index in [9.17, 15) is 22.8 Å². The van der Waals surface area contributed by atoms with Crippen LogP contribution >= 0.6 is 0 Å². The lowest BCUT2D eigenvalue weighted by Gasteiger charge is -2.19. The highest BCUT2D eigenvalue weighted by Gasteiger charge is 2.31. The Labute approximate surface area is 350 Å². The molecule has 0 radical (unpaired) electrons. The summed E-state index contributed by atoms with van der Waals surface area (Å²) in [7, 11) is 0. The van der Waals surface area contributed by atoms with E-state index < -0.39 is 30.1 Å². The Bertz CT molecular complexity index is 2300. The summed E-state index contributed by atoms with van der Waals surface area (Å²) < 4.78 is 48.3. The largest absolute Gasteiger partial charge is 0.573 e. The first-order valence-electron chi connectivity index (χ1n) is 20.5. The molecule has 0 N–H and O–H groups in total. The first kappa shape index (κ1) is 43.1. The number of nitriles is 1. The van der Waals surface area contributed by atoms with Crippen LogP contribution in [0.3, 0.4) is 0 Å². The zero-order valence-corrected chi connectivity index (χ0v) is 33.5. The van der Waals surface area contributed by atoms with Crippen molar-refractivity contribution < 1.29 is 32.2 Å². The van der Waals surface area contributed by atoms with Crippen LogP contribution in [0.5, 0.6) is 5.75 Å². The molecule has 0 saturated carbocycles. The third-order valence-electron chi connectivity index (χ3n) is 10.8. The van der Waals surface area contributed by atoms with Crippen LogP contribution in [0.1, 0.15) is 66.3 Å². The molecule has 60 heavy (non-hydrogen) atoms. The van der Waals surface area contributed by atoms with Gasteiger partial charge in [0.1, 0.15) is 5.75 Å². The van der Waals surface area contributed by atoms with Crippen molar-refractivity contribution in [2.75, 3.05) is 0 Å². The van der Waals surface area contributed by atoms with Crippen molar-refractivity contribution in [3.63, 3.8) is 0 Å². The van der Waals surface area contributed by atoms with Crippen LogP contribution in [0, 0.1) is 23.2 Å². The number of carbonyl (C=O) groups is 2. The molecular formula is C52H48F3NO4. The molecule has 0 amide bonds. The second-order valence-corrected chi connectivity index (χ2v) is 15.1. The number of halogens is 3. The number of benzene rings is 6. The van der Waals surface area contributed by atoms with Gasteiger partial charge in [-0.05, 0) is 133 Å². The highest BCUT2D eigenvalue weighted by atomic mass is 19.4. The van der Waals surface area contributed by atoms with E-state index in [-0.39, 0.29) is 5.75 Å². The molecule has 0 saturated heterocycles. The second-order valence-electron chi connectivity index (χ2n) is 15.1. The van der Waals surface area contributed by atoms with Crippen molar-refractivity contribution in [2.45, 2.75) is 70.6 Å². The molecule has 2 atom stereocenters. The predicted octanol–water partition coefficient (Wildman–Crippen LogP) is 12.7. The molecule has 0 spiro atoms. The third kappa shape index (κ3) is 13.6. The molecule has 0 aliphatic heterocycles. The fourth-order valence-electron chi connectivity index (χ4n) is 7.44. The van der Waals surface area contributed by atoms with Gasteiger partial charge in [-0.1, -0.05) is 133 Å². The molecule has 0 fully saturated rings. The van der Waals surface area contributed by atoms with Crippen LogP contribution in [0.4, 0.5) is 13.2 Å². The lowest BCUT2D eigenvalue weighted by atomic mass is 9.91. The lowest BCUT2D eigenvalue weighted by molar-refractivity contribution is -0.274. The number of carbonyl (C=O) groups excluding carboxylic acids is 2. The molecule has 0 aliphatic rings. The van der Waals surface area contributed by atoms with Gasteiger partial charge < -0.3 is 9.47 Å². The lowest BCUT2D eigenvalue weighted by Crippen LogP contribution is -2.27. The van der Waals surface area contributed by atoms with E-state index in [1.165, 1.54) is 29.3 Å². The number of ether oxygens (including phenoxy) is 2. The van der Waals surface area contributed by atoms with E-state index >= 15 is 0 Å². The van der Waals surface area contributed by atoms with Gasteiger partial charge in [0.25, 0.3) is 0 Å². The Balaban J connectivity index is 1.11. The summed E-state index contributed by atoms with van der Waals surface area (Å²) >= 11 is 0. The molecule has 5 nitrogen and oxygen atoms in total. The van der Waals surface area contributed by atoms with Crippen molar-refractivity contribution in [1.82, 2.24) is 0 Å². The Morgan fingerprint density at radius 3 is 1.38 bits per heavy atom. The topological polar surface area (TPSA) is 76.4 Å². The van der Waals surface area contributed by atoms with Gasteiger partial charge in [-0.3, -0.25) is 9.59 Å². The minimum atomic E-state index is -4.78. The fraction of sp³-hybridized carbons (Fsp3) is 0.250. The van der Waals surface area contributed by atoms with Gasteiger partial charge in [0.15, 0.2) is 0 Å². The van der Waals surface area contributed by atoms with Gasteiger partial charge in [0.2, 0.25) is 0 Å². The van der Waals surface area contributed by atoms with Crippen molar-refractivity contribution in [1.29, 1.82) is 5.26 Å². The number of aryl methyl sites for hydroxylation is 4. The van der Waals surface area contributed by atoms with Crippen LogP contribution in [-0.2, 0) is 40.0 Å². The fourth-order valence-corrected chi connectivity index (χ4v) is 7.44. The van der Waals surface area contributed by atoms with Crippen LogP contribution in [0.2, 0.25) is 0 Å². The minimum absolute atomic E-state index is 0.288. The first-order chi connectivity index (χ1) is 29.1. The zero-order valence-electron chi connectivity index (χ0n) is 33.5. The number of hydrogen-bond acceptors (Lipinski definition) is 5. The summed E-state index contributed by atoms with van der Waals surface area (Å²) in [5, 5.41) is 9.15. The van der Waals surface area contributed by atoms with Gasteiger partial charge in [0.05, 0.1) is 23.5 Å². The summed E-state index contributed by atoms with van der Waals surface area (Å²) in [5.41, 5.74) is 8.37. The van der Waals surface area contributed by atoms with E-state index in [1.807, 2.05) is 84.9 Å². The normalized spacial score (nSPS) is 12.2. The van der Waals surface area contributed by atoms with Gasteiger partial charge in [-0.15, -0.1) is 13.2 Å². The third-order valence-corrected chi connectivity index (χ3v) is 10.8.